The smallest absolute Gasteiger partial charge is 0.166 e. The summed E-state index contributed by atoms with van der Waals surface area (Å²) in [4.78, 5) is 2.49. The second kappa shape index (κ2) is 4.73. The zero-order valence-electron chi connectivity index (χ0n) is 14.7. The molecule has 2 bridgehead atoms. The molecule has 1 saturated heterocycles. The molecule has 2 heterocycles. The van der Waals surface area contributed by atoms with E-state index in [1.165, 1.54) is 12.8 Å². The number of hydrogen-bond acceptors (Lipinski definition) is 6. The van der Waals surface area contributed by atoms with E-state index in [9.17, 15) is 15.4 Å². The third-order valence-electron chi connectivity index (χ3n) is 7.71. The molecule has 6 rings (SSSR count). The molecule has 1 aromatic rings. The molecule has 4 unspecified atom stereocenters. The van der Waals surface area contributed by atoms with E-state index in [1.807, 2.05) is 6.07 Å². The Labute approximate surface area is 152 Å². The molecule has 3 fully saturated rings. The number of phenolic OH excluding ortho intramolecular Hbond substituents is 1. The summed E-state index contributed by atoms with van der Waals surface area (Å²) in [6, 6.07) is 3.74. The van der Waals surface area contributed by atoms with Crippen molar-refractivity contribution in [3.63, 3.8) is 0 Å². The molecule has 3 N–H and O–H groups in total. The van der Waals surface area contributed by atoms with Crippen LogP contribution in [0.1, 0.15) is 43.2 Å². The number of ether oxygens (including phenoxy) is 1. The van der Waals surface area contributed by atoms with Crippen molar-refractivity contribution in [2.24, 2.45) is 11.1 Å². The van der Waals surface area contributed by atoms with Crippen LogP contribution in [0, 0.1) is 5.92 Å². The van der Waals surface area contributed by atoms with E-state index < -0.39 is 17.1 Å². The summed E-state index contributed by atoms with van der Waals surface area (Å²) in [6.07, 6.45) is 4.77. The first-order valence-corrected chi connectivity index (χ1v) is 9.78. The Balaban J connectivity index is 1.58. The lowest BCUT2D eigenvalue weighted by atomic mass is 9.49. The van der Waals surface area contributed by atoms with E-state index >= 15 is 0 Å². The van der Waals surface area contributed by atoms with Crippen LogP contribution in [0.4, 0.5) is 0 Å². The quantitative estimate of drug-likeness (QED) is 0.556. The van der Waals surface area contributed by atoms with Crippen LogP contribution < -0.4 is 4.74 Å². The van der Waals surface area contributed by atoms with Gasteiger partial charge in [-0.2, -0.15) is 0 Å². The van der Waals surface area contributed by atoms with Crippen molar-refractivity contribution < 1.29 is 20.2 Å². The maximum Gasteiger partial charge on any atom is 0.166 e. The molecule has 4 atom stereocenters. The van der Waals surface area contributed by atoms with Crippen molar-refractivity contribution in [2.75, 3.05) is 13.1 Å². The summed E-state index contributed by atoms with van der Waals surface area (Å²) >= 11 is 0. The highest BCUT2D eigenvalue weighted by Gasteiger charge is 2.72. The average Bonchev–Trinajstić information content (AvgIpc) is 3.37. The van der Waals surface area contributed by atoms with Gasteiger partial charge < -0.3 is 20.2 Å². The summed E-state index contributed by atoms with van der Waals surface area (Å²) in [7, 11) is 0. The first-order valence-electron chi connectivity index (χ1n) is 9.78. The number of hydrogen-bond donors (Lipinski definition) is 3. The molecule has 6 heteroatoms. The SMILES string of the molecule is O/N=C1\CCC2(O)C3Cc4ccc(O)c5c4C2(CCN3CC2CC2)C1O5. The lowest BCUT2D eigenvalue weighted by molar-refractivity contribution is -0.167. The minimum absolute atomic E-state index is 0.0613. The molecule has 3 aliphatic carbocycles. The lowest BCUT2D eigenvalue weighted by Gasteiger charge is -2.63. The standard InChI is InChI=1S/C20H24N2O4/c23-14-4-3-12-9-15-20(24)6-5-13(21-25)18-19(20,16(12)17(14)26-18)7-8-22(15)10-11-1-2-11/h3-4,11,15,18,23-25H,1-2,5-10H2/b21-13+. The van der Waals surface area contributed by atoms with E-state index in [-0.39, 0.29) is 11.8 Å². The highest BCUT2D eigenvalue weighted by atomic mass is 16.5. The van der Waals surface area contributed by atoms with Crippen LogP contribution in [0.25, 0.3) is 0 Å². The van der Waals surface area contributed by atoms with Gasteiger partial charge in [0.15, 0.2) is 17.6 Å². The van der Waals surface area contributed by atoms with Crippen molar-refractivity contribution in [1.82, 2.24) is 4.90 Å². The van der Waals surface area contributed by atoms with Gasteiger partial charge in [-0.15, -0.1) is 0 Å². The van der Waals surface area contributed by atoms with Gasteiger partial charge in [0.05, 0.1) is 16.7 Å². The Hall–Kier alpha value is -1.79. The fraction of sp³-hybridized carbons (Fsp3) is 0.650. The second-order valence-corrected chi connectivity index (χ2v) is 8.84. The normalized spacial score (nSPS) is 41.8. The van der Waals surface area contributed by atoms with Crippen molar-refractivity contribution in [3.05, 3.63) is 23.3 Å². The van der Waals surface area contributed by atoms with Crippen LogP contribution in [0.3, 0.4) is 0 Å². The Morgan fingerprint density at radius 3 is 2.88 bits per heavy atom. The van der Waals surface area contributed by atoms with E-state index in [0.717, 1.165) is 43.0 Å². The predicted octanol–water partition coefficient (Wildman–Crippen LogP) is 1.79. The fourth-order valence-corrected chi connectivity index (χ4v) is 6.38. The van der Waals surface area contributed by atoms with Crippen LogP contribution in [0.15, 0.2) is 17.3 Å². The van der Waals surface area contributed by atoms with Gasteiger partial charge in [0.25, 0.3) is 0 Å². The lowest BCUT2D eigenvalue weighted by Crippen LogP contribution is -2.76. The average molecular weight is 356 g/mol. The van der Waals surface area contributed by atoms with Gasteiger partial charge in [0.1, 0.15) is 0 Å². The van der Waals surface area contributed by atoms with E-state index in [1.54, 1.807) is 6.07 Å². The van der Waals surface area contributed by atoms with Crippen molar-refractivity contribution in [2.45, 2.75) is 61.7 Å². The minimum Gasteiger partial charge on any atom is -0.504 e. The van der Waals surface area contributed by atoms with Gasteiger partial charge in [0, 0.05) is 18.2 Å². The van der Waals surface area contributed by atoms with Crippen molar-refractivity contribution in [1.29, 1.82) is 0 Å². The van der Waals surface area contributed by atoms with Crippen LogP contribution >= 0.6 is 0 Å². The number of rotatable bonds is 2. The van der Waals surface area contributed by atoms with Crippen LogP contribution in [-0.4, -0.2) is 56.9 Å². The number of aliphatic hydroxyl groups is 1. The summed E-state index contributed by atoms with van der Waals surface area (Å²) in [5.74, 6) is 1.38. The number of nitrogens with zero attached hydrogens (tertiary/aromatic N) is 2. The molecule has 0 aromatic heterocycles. The maximum atomic E-state index is 12.1. The number of piperidine rings is 1. The topological polar surface area (TPSA) is 85.5 Å². The molecule has 138 valence electrons. The van der Waals surface area contributed by atoms with Gasteiger partial charge in [-0.05, 0) is 62.6 Å². The summed E-state index contributed by atoms with van der Waals surface area (Å²) in [5, 5.41) is 35.6. The Morgan fingerprint density at radius 1 is 1.27 bits per heavy atom. The number of oxime groups is 1. The first kappa shape index (κ1) is 15.3. The zero-order valence-corrected chi connectivity index (χ0v) is 14.7. The van der Waals surface area contributed by atoms with Gasteiger partial charge in [0.2, 0.25) is 0 Å². The number of aromatic hydroxyl groups is 1. The van der Waals surface area contributed by atoms with Crippen molar-refractivity contribution >= 4 is 5.71 Å². The largest absolute Gasteiger partial charge is 0.504 e. The van der Waals surface area contributed by atoms with Gasteiger partial charge in [-0.1, -0.05) is 11.2 Å². The molecule has 1 spiro atoms. The van der Waals surface area contributed by atoms with Gasteiger partial charge >= 0.3 is 0 Å². The number of likely N-dealkylation sites (tertiary alicyclic amines) is 1. The van der Waals surface area contributed by atoms with Crippen LogP contribution in [0.5, 0.6) is 11.5 Å². The molecular weight excluding hydrogens is 332 g/mol. The highest BCUT2D eigenvalue weighted by Crippen LogP contribution is 2.65. The van der Waals surface area contributed by atoms with Crippen LogP contribution in [0.2, 0.25) is 0 Å². The summed E-state index contributed by atoms with van der Waals surface area (Å²) in [6.45, 7) is 1.98. The third kappa shape index (κ3) is 1.59. The molecule has 2 saturated carbocycles. The maximum absolute atomic E-state index is 12.1. The molecule has 1 aromatic carbocycles. The van der Waals surface area contributed by atoms with E-state index in [4.69, 9.17) is 4.74 Å². The summed E-state index contributed by atoms with van der Waals surface area (Å²) in [5.41, 5.74) is 1.19. The van der Waals surface area contributed by atoms with E-state index in [0.29, 0.717) is 24.3 Å². The Morgan fingerprint density at radius 2 is 2.12 bits per heavy atom. The van der Waals surface area contributed by atoms with Gasteiger partial charge in [-0.25, -0.2) is 0 Å². The molecule has 2 aliphatic heterocycles. The zero-order chi connectivity index (χ0) is 17.7. The molecule has 5 aliphatic rings. The van der Waals surface area contributed by atoms with Gasteiger partial charge in [-0.3, -0.25) is 4.90 Å². The molecule has 0 radical (unpaired) electrons. The van der Waals surface area contributed by atoms with E-state index in [2.05, 4.69) is 10.1 Å². The second-order valence-electron chi connectivity index (χ2n) is 8.84. The monoisotopic (exact) mass is 356 g/mol. The fourth-order valence-electron chi connectivity index (χ4n) is 6.38. The number of benzene rings is 1. The first-order chi connectivity index (χ1) is 12.6. The number of phenols is 1. The highest BCUT2D eigenvalue weighted by molar-refractivity contribution is 5.94. The Bertz CT molecular complexity index is 835. The predicted molar refractivity (Wildman–Crippen MR) is 94.0 cm³/mol. The minimum atomic E-state index is -0.912. The van der Waals surface area contributed by atoms with Crippen molar-refractivity contribution in [3.8, 4) is 11.5 Å². The molecule has 6 nitrogen and oxygen atoms in total. The molecular formula is C20H24N2O4. The molecule has 26 heavy (non-hydrogen) atoms. The Kier molecular flexibility index (Phi) is 2.78. The molecule has 0 amide bonds. The summed E-state index contributed by atoms with van der Waals surface area (Å²) < 4.78 is 6.19. The third-order valence-corrected chi connectivity index (χ3v) is 7.71. The van der Waals surface area contributed by atoms with Crippen LogP contribution in [-0.2, 0) is 11.8 Å².